The monoisotopic (exact) mass is 242 g/mol. The Morgan fingerprint density at radius 2 is 2.25 bits per heavy atom. The van der Waals surface area contributed by atoms with E-state index in [0.717, 1.165) is 13.0 Å². The molecule has 0 saturated carbocycles. The Hall–Kier alpha value is -0.420. The molecule has 3 N–H and O–H groups in total. The summed E-state index contributed by atoms with van der Waals surface area (Å²) in [6, 6.07) is 4.38. The Morgan fingerprint density at radius 1 is 1.50 bits per heavy atom. The summed E-state index contributed by atoms with van der Waals surface area (Å²) in [5.41, 5.74) is 2.89. The number of thiophene rings is 1. The molecule has 0 spiro atoms. The third-order valence-electron chi connectivity index (χ3n) is 2.63. The summed E-state index contributed by atoms with van der Waals surface area (Å²) in [5.74, 6) is 6.09. The number of nitrogens with one attached hydrogen (secondary N) is 1. The van der Waals surface area contributed by atoms with Gasteiger partial charge in [-0.25, -0.2) is 0 Å². The highest BCUT2D eigenvalue weighted by Gasteiger charge is 2.24. The fourth-order valence-corrected chi connectivity index (χ4v) is 2.65. The minimum Gasteiger partial charge on any atom is -0.377 e. The molecule has 0 fully saturated rings. The van der Waals surface area contributed by atoms with Crippen molar-refractivity contribution in [2.75, 3.05) is 6.61 Å². The maximum absolute atomic E-state index is 5.77. The molecule has 0 saturated heterocycles. The van der Waals surface area contributed by atoms with Crippen molar-refractivity contribution in [3.63, 3.8) is 0 Å². The summed E-state index contributed by atoms with van der Waals surface area (Å²) >= 11 is 1.76. The van der Waals surface area contributed by atoms with Gasteiger partial charge in [0, 0.05) is 17.9 Å². The van der Waals surface area contributed by atoms with Crippen LogP contribution in [0.5, 0.6) is 0 Å². The third kappa shape index (κ3) is 3.87. The van der Waals surface area contributed by atoms with Gasteiger partial charge in [0.15, 0.2) is 0 Å². The molecule has 0 radical (unpaired) electrons. The molecular formula is C12H22N2OS. The first kappa shape index (κ1) is 13.6. The molecule has 4 heteroatoms. The van der Waals surface area contributed by atoms with E-state index in [1.54, 1.807) is 11.3 Å². The number of hydrazine groups is 1. The van der Waals surface area contributed by atoms with Gasteiger partial charge < -0.3 is 4.74 Å². The number of hydrogen-bond donors (Lipinski definition) is 2. The van der Waals surface area contributed by atoms with E-state index < -0.39 is 0 Å². The fourth-order valence-electron chi connectivity index (χ4n) is 1.88. The van der Waals surface area contributed by atoms with E-state index in [2.05, 4.69) is 36.8 Å². The van der Waals surface area contributed by atoms with Crippen LogP contribution in [0.3, 0.4) is 0 Å². The zero-order valence-corrected chi connectivity index (χ0v) is 11.1. The molecule has 0 aliphatic rings. The molecule has 3 nitrogen and oxygen atoms in total. The molecule has 16 heavy (non-hydrogen) atoms. The number of nitrogens with two attached hydrogens (primary N) is 1. The number of rotatable bonds is 7. The summed E-state index contributed by atoms with van der Waals surface area (Å²) in [6.45, 7) is 7.08. The van der Waals surface area contributed by atoms with E-state index in [1.165, 1.54) is 4.88 Å². The first-order valence-corrected chi connectivity index (χ1v) is 6.67. The normalized spacial score (nSPS) is 15.3. The second kappa shape index (κ2) is 7.01. The van der Waals surface area contributed by atoms with E-state index >= 15 is 0 Å². The second-order valence-electron chi connectivity index (χ2n) is 4.22. The first-order valence-electron chi connectivity index (χ1n) is 5.79. The van der Waals surface area contributed by atoms with Crippen molar-refractivity contribution < 1.29 is 4.74 Å². The summed E-state index contributed by atoms with van der Waals surface area (Å²) in [5, 5.41) is 2.09. The van der Waals surface area contributed by atoms with E-state index in [4.69, 9.17) is 10.6 Å². The van der Waals surface area contributed by atoms with Gasteiger partial charge in [-0.2, -0.15) is 0 Å². The topological polar surface area (TPSA) is 47.3 Å². The second-order valence-corrected chi connectivity index (χ2v) is 5.25. The molecule has 0 bridgehead atoms. The molecule has 2 unspecified atom stereocenters. The quantitative estimate of drug-likeness (QED) is 0.569. The zero-order valence-electron chi connectivity index (χ0n) is 10.3. The van der Waals surface area contributed by atoms with Crippen molar-refractivity contribution in [1.82, 2.24) is 5.43 Å². The molecule has 1 aromatic rings. The molecule has 0 aliphatic carbocycles. The van der Waals surface area contributed by atoms with Crippen molar-refractivity contribution in [2.45, 2.75) is 39.3 Å². The molecule has 1 rings (SSSR count). The number of ether oxygens (including phenoxy) is 1. The SMILES string of the molecule is CCOC(C(C)C)C(Cc1cccs1)NN. The van der Waals surface area contributed by atoms with Crippen molar-refractivity contribution in [3.8, 4) is 0 Å². The van der Waals surface area contributed by atoms with Crippen molar-refractivity contribution >= 4 is 11.3 Å². The van der Waals surface area contributed by atoms with Gasteiger partial charge in [0.2, 0.25) is 0 Å². The zero-order chi connectivity index (χ0) is 12.0. The van der Waals surface area contributed by atoms with Gasteiger partial charge >= 0.3 is 0 Å². The lowest BCUT2D eigenvalue weighted by molar-refractivity contribution is 0.00373. The minimum atomic E-state index is 0.164. The maximum atomic E-state index is 5.77. The van der Waals surface area contributed by atoms with Crippen molar-refractivity contribution in [3.05, 3.63) is 22.4 Å². The minimum absolute atomic E-state index is 0.164. The van der Waals surface area contributed by atoms with Gasteiger partial charge in [0.1, 0.15) is 0 Å². The Labute approximate surface area is 102 Å². The molecule has 2 atom stereocenters. The summed E-state index contributed by atoms with van der Waals surface area (Å²) in [4.78, 5) is 1.34. The van der Waals surface area contributed by atoms with E-state index in [0.29, 0.717) is 5.92 Å². The average Bonchev–Trinajstić information content (AvgIpc) is 2.75. The summed E-state index contributed by atoms with van der Waals surface area (Å²) in [6.07, 6.45) is 1.09. The average molecular weight is 242 g/mol. The van der Waals surface area contributed by atoms with Gasteiger partial charge in [-0.3, -0.25) is 11.3 Å². The molecule has 0 amide bonds. The highest BCUT2D eigenvalue weighted by Crippen LogP contribution is 2.17. The predicted molar refractivity (Wildman–Crippen MR) is 69.4 cm³/mol. The van der Waals surface area contributed by atoms with Crippen LogP contribution >= 0.6 is 11.3 Å². The molecular weight excluding hydrogens is 220 g/mol. The molecule has 1 aromatic heterocycles. The maximum Gasteiger partial charge on any atom is 0.0767 e. The van der Waals surface area contributed by atoms with E-state index in [1.807, 2.05) is 6.92 Å². The lowest BCUT2D eigenvalue weighted by Crippen LogP contribution is -2.48. The van der Waals surface area contributed by atoms with Gasteiger partial charge in [-0.1, -0.05) is 19.9 Å². The predicted octanol–water partition coefficient (Wildman–Crippen LogP) is 2.18. The molecule has 0 aromatic carbocycles. The van der Waals surface area contributed by atoms with E-state index in [-0.39, 0.29) is 12.1 Å². The van der Waals surface area contributed by atoms with Crippen LogP contribution in [0.4, 0.5) is 0 Å². The van der Waals surface area contributed by atoms with Crippen LogP contribution < -0.4 is 11.3 Å². The van der Waals surface area contributed by atoms with Gasteiger partial charge in [-0.15, -0.1) is 11.3 Å². The first-order chi connectivity index (χ1) is 7.69. The molecule has 1 heterocycles. The summed E-state index contributed by atoms with van der Waals surface area (Å²) in [7, 11) is 0. The highest BCUT2D eigenvalue weighted by atomic mass is 32.1. The Balaban J connectivity index is 2.63. The Kier molecular flexibility index (Phi) is 5.98. The van der Waals surface area contributed by atoms with Crippen LogP contribution in [0, 0.1) is 5.92 Å². The van der Waals surface area contributed by atoms with Crippen LogP contribution in [0.25, 0.3) is 0 Å². The lowest BCUT2D eigenvalue weighted by atomic mass is 9.97. The van der Waals surface area contributed by atoms with Crippen LogP contribution in [0.2, 0.25) is 0 Å². The Bertz CT molecular complexity index is 275. The fraction of sp³-hybridized carbons (Fsp3) is 0.667. The van der Waals surface area contributed by atoms with Crippen LogP contribution in [-0.4, -0.2) is 18.8 Å². The van der Waals surface area contributed by atoms with E-state index in [9.17, 15) is 0 Å². The van der Waals surface area contributed by atoms with Crippen LogP contribution in [-0.2, 0) is 11.2 Å². The third-order valence-corrected chi connectivity index (χ3v) is 3.53. The largest absolute Gasteiger partial charge is 0.377 e. The number of hydrogen-bond acceptors (Lipinski definition) is 4. The lowest BCUT2D eigenvalue weighted by Gasteiger charge is -2.29. The highest BCUT2D eigenvalue weighted by molar-refractivity contribution is 7.09. The Morgan fingerprint density at radius 3 is 2.69 bits per heavy atom. The van der Waals surface area contributed by atoms with Gasteiger partial charge in [0.05, 0.1) is 12.1 Å². The van der Waals surface area contributed by atoms with Crippen molar-refractivity contribution in [1.29, 1.82) is 0 Å². The van der Waals surface area contributed by atoms with Crippen molar-refractivity contribution in [2.24, 2.45) is 11.8 Å². The van der Waals surface area contributed by atoms with Crippen LogP contribution in [0.1, 0.15) is 25.6 Å². The standard InChI is InChI=1S/C12H22N2OS/c1-4-15-12(9(2)3)11(14-13)8-10-6-5-7-16-10/h5-7,9,11-12,14H,4,8,13H2,1-3H3. The van der Waals surface area contributed by atoms with Gasteiger partial charge in [-0.05, 0) is 24.3 Å². The molecule has 0 aliphatic heterocycles. The van der Waals surface area contributed by atoms with Gasteiger partial charge in [0.25, 0.3) is 0 Å². The van der Waals surface area contributed by atoms with Crippen LogP contribution in [0.15, 0.2) is 17.5 Å². The smallest absolute Gasteiger partial charge is 0.0767 e. The molecule has 92 valence electrons. The summed E-state index contributed by atoms with van der Waals surface area (Å²) < 4.78 is 5.77.